The molecule has 1 fully saturated rings. The fourth-order valence-electron chi connectivity index (χ4n) is 3.81. The SMILES string of the molecule is CC(=O)N(CC(=O)Nc1ccc(N2CCC(C)CC2)cc1)C(C)c1ccccc1. The van der Waals surface area contributed by atoms with Gasteiger partial charge in [0.25, 0.3) is 0 Å². The van der Waals surface area contributed by atoms with Gasteiger partial charge in [0.05, 0.1) is 6.04 Å². The Bertz CT molecular complexity index is 812. The summed E-state index contributed by atoms with van der Waals surface area (Å²) in [6, 6.07) is 17.6. The molecule has 0 radical (unpaired) electrons. The monoisotopic (exact) mass is 393 g/mol. The van der Waals surface area contributed by atoms with Crippen LogP contribution in [0.25, 0.3) is 0 Å². The van der Waals surface area contributed by atoms with Gasteiger partial charge in [-0.05, 0) is 55.5 Å². The summed E-state index contributed by atoms with van der Waals surface area (Å²) in [7, 11) is 0. The molecule has 5 heteroatoms. The highest BCUT2D eigenvalue weighted by atomic mass is 16.2. The first-order valence-electron chi connectivity index (χ1n) is 10.4. The van der Waals surface area contributed by atoms with Crippen molar-refractivity contribution in [3.8, 4) is 0 Å². The van der Waals surface area contributed by atoms with Crippen molar-refractivity contribution < 1.29 is 9.59 Å². The third-order valence-electron chi connectivity index (χ3n) is 5.77. The minimum absolute atomic E-state index is 0.0250. The molecule has 1 heterocycles. The average molecular weight is 394 g/mol. The maximum absolute atomic E-state index is 12.6. The molecule has 5 nitrogen and oxygen atoms in total. The highest BCUT2D eigenvalue weighted by Gasteiger charge is 2.21. The topological polar surface area (TPSA) is 52.7 Å². The van der Waals surface area contributed by atoms with Crippen molar-refractivity contribution >= 4 is 23.2 Å². The smallest absolute Gasteiger partial charge is 0.244 e. The van der Waals surface area contributed by atoms with Crippen molar-refractivity contribution in [1.29, 1.82) is 0 Å². The molecule has 0 saturated carbocycles. The Morgan fingerprint density at radius 1 is 1.07 bits per heavy atom. The molecule has 0 aromatic heterocycles. The summed E-state index contributed by atoms with van der Waals surface area (Å²) in [4.78, 5) is 28.7. The second kappa shape index (κ2) is 9.59. The van der Waals surface area contributed by atoms with Crippen molar-refractivity contribution in [3.05, 3.63) is 60.2 Å². The van der Waals surface area contributed by atoms with Crippen molar-refractivity contribution in [2.45, 2.75) is 39.7 Å². The van der Waals surface area contributed by atoms with Crippen LogP contribution < -0.4 is 10.2 Å². The first-order chi connectivity index (χ1) is 13.9. The van der Waals surface area contributed by atoms with Crippen LogP contribution in [-0.2, 0) is 9.59 Å². The molecule has 2 aromatic carbocycles. The zero-order valence-corrected chi connectivity index (χ0v) is 17.6. The molecule has 2 aromatic rings. The lowest BCUT2D eigenvalue weighted by Gasteiger charge is -2.32. The Labute approximate surface area is 173 Å². The summed E-state index contributed by atoms with van der Waals surface area (Å²) >= 11 is 0. The number of piperidine rings is 1. The summed E-state index contributed by atoms with van der Waals surface area (Å²) in [6.45, 7) is 7.94. The second-order valence-electron chi connectivity index (χ2n) is 8.00. The number of hydrogen-bond donors (Lipinski definition) is 1. The Morgan fingerprint density at radius 2 is 1.69 bits per heavy atom. The van der Waals surface area contributed by atoms with E-state index in [4.69, 9.17) is 0 Å². The van der Waals surface area contributed by atoms with E-state index in [1.54, 1.807) is 4.90 Å². The van der Waals surface area contributed by atoms with Crippen molar-refractivity contribution in [1.82, 2.24) is 4.90 Å². The maximum atomic E-state index is 12.6. The van der Waals surface area contributed by atoms with Crippen LogP contribution in [-0.4, -0.2) is 36.3 Å². The average Bonchev–Trinajstić information content (AvgIpc) is 2.73. The molecule has 154 valence electrons. The molecule has 1 unspecified atom stereocenters. The number of hydrogen-bond acceptors (Lipinski definition) is 3. The molecule has 3 rings (SSSR count). The molecule has 1 atom stereocenters. The Hall–Kier alpha value is -2.82. The predicted molar refractivity (Wildman–Crippen MR) is 118 cm³/mol. The summed E-state index contributed by atoms with van der Waals surface area (Å²) in [5.41, 5.74) is 2.95. The van der Waals surface area contributed by atoms with E-state index in [0.29, 0.717) is 0 Å². The molecular formula is C24H31N3O2. The van der Waals surface area contributed by atoms with Gasteiger partial charge in [-0.25, -0.2) is 0 Å². The fourth-order valence-corrected chi connectivity index (χ4v) is 3.81. The van der Waals surface area contributed by atoms with Crippen LogP contribution >= 0.6 is 0 Å². The number of carbonyl (C=O) groups is 2. The first-order valence-corrected chi connectivity index (χ1v) is 10.4. The third-order valence-corrected chi connectivity index (χ3v) is 5.77. The number of amides is 2. The van der Waals surface area contributed by atoms with Crippen molar-refractivity contribution in [3.63, 3.8) is 0 Å². The molecule has 0 bridgehead atoms. The molecule has 1 saturated heterocycles. The van der Waals surface area contributed by atoms with E-state index in [2.05, 4.69) is 29.3 Å². The van der Waals surface area contributed by atoms with E-state index in [1.807, 2.05) is 49.4 Å². The Morgan fingerprint density at radius 3 is 2.28 bits per heavy atom. The van der Waals surface area contributed by atoms with Crippen LogP contribution in [0.5, 0.6) is 0 Å². The quantitative estimate of drug-likeness (QED) is 0.788. The van der Waals surface area contributed by atoms with Gasteiger partial charge in [-0.2, -0.15) is 0 Å². The molecule has 2 amide bonds. The van der Waals surface area contributed by atoms with E-state index in [9.17, 15) is 9.59 Å². The maximum Gasteiger partial charge on any atom is 0.244 e. The van der Waals surface area contributed by atoms with Crippen LogP contribution in [0.2, 0.25) is 0 Å². The predicted octanol–water partition coefficient (Wildman–Crippen LogP) is 4.47. The molecule has 1 aliphatic rings. The minimum Gasteiger partial charge on any atom is -0.372 e. The van der Waals surface area contributed by atoms with Gasteiger partial charge in [0.1, 0.15) is 6.54 Å². The first kappa shape index (κ1) is 20.9. The van der Waals surface area contributed by atoms with Gasteiger partial charge < -0.3 is 15.1 Å². The molecule has 0 aliphatic carbocycles. The van der Waals surface area contributed by atoms with Crippen molar-refractivity contribution in [2.24, 2.45) is 5.92 Å². The number of benzene rings is 2. The largest absolute Gasteiger partial charge is 0.372 e. The zero-order valence-electron chi connectivity index (χ0n) is 17.6. The zero-order chi connectivity index (χ0) is 20.8. The van der Waals surface area contributed by atoms with E-state index in [-0.39, 0.29) is 24.4 Å². The van der Waals surface area contributed by atoms with Gasteiger partial charge in [-0.3, -0.25) is 9.59 Å². The fraction of sp³-hybridized carbons (Fsp3) is 0.417. The van der Waals surface area contributed by atoms with E-state index < -0.39 is 0 Å². The number of nitrogens with one attached hydrogen (secondary N) is 1. The van der Waals surface area contributed by atoms with Gasteiger partial charge in [-0.1, -0.05) is 37.3 Å². The number of carbonyl (C=O) groups excluding carboxylic acids is 2. The van der Waals surface area contributed by atoms with Gasteiger partial charge >= 0.3 is 0 Å². The van der Waals surface area contributed by atoms with E-state index >= 15 is 0 Å². The lowest BCUT2D eigenvalue weighted by atomic mass is 9.99. The van der Waals surface area contributed by atoms with Crippen LogP contribution in [0, 0.1) is 5.92 Å². The highest BCUT2D eigenvalue weighted by molar-refractivity contribution is 5.94. The van der Waals surface area contributed by atoms with Gasteiger partial charge in [-0.15, -0.1) is 0 Å². The normalized spacial score (nSPS) is 15.6. The van der Waals surface area contributed by atoms with Gasteiger partial charge in [0, 0.05) is 31.4 Å². The van der Waals surface area contributed by atoms with E-state index in [1.165, 1.54) is 25.5 Å². The number of nitrogens with zero attached hydrogens (tertiary/aromatic N) is 2. The third kappa shape index (κ3) is 5.59. The van der Waals surface area contributed by atoms with E-state index in [0.717, 1.165) is 30.3 Å². The molecule has 1 aliphatic heterocycles. The lowest BCUT2D eigenvalue weighted by Crippen LogP contribution is -2.38. The lowest BCUT2D eigenvalue weighted by molar-refractivity contribution is -0.134. The highest BCUT2D eigenvalue weighted by Crippen LogP contribution is 2.24. The number of anilines is 2. The molecule has 0 spiro atoms. The van der Waals surface area contributed by atoms with Crippen LogP contribution in [0.15, 0.2) is 54.6 Å². The summed E-state index contributed by atoms with van der Waals surface area (Å²) in [5, 5.41) is 2.92. The number of rotatable bonds is 6. The van der Waals surface area contributed by atoms with Crippen molar-refractivity contribution in [2.75, 3.05) is 29.9 Å². The van der Waals surface area contributed by atoms with Crippen LogP contribution in [0.3, 0.4) is 0 Å². The second-order valence-corrected chi connectivity index (χ2v) is 8.00. The van der Waals surface area contributed by atoms with Gasteiger partial charge in [0.15, 0.2) is 0 Å². The molecule has 29 heavy (non-hydrogen) atoms. The van der Waals surface area contributed by atoms with Gasteiger partial charge in [0.2, 0.25) is 11.8 Å². The minimum atomic E-state index is -0.192. The van der Waals surface area contributed by atoms with Crippen LogP contribution in [0.1, 0.15) is 45.2 Å². The summed E-state index contributed by atoms with van der Waals surface area (Å²) < 4.78 is 0. The standard InChI is InChI=1S/C24H31N3O2/c1-18-13-15-26(16-14-18)23-11-9-22(10-12-23)25-24(29)17-27(20(3)28)19(2)21-7-5-4-6-8-21/h4-12,18-19H,13-17H2,1-3H3,(H,25,29). The summed E-state index contributed by atoms with van der Waals surface area (Å²) in [5.74, 6) is 0.487. The Balaban J connectivity index is 1.59. The molecule has 1 N–H and O–H groups in total. The molecular weight excluding hydrogens is 362 g/mol. The Kier molecular flexibility index (Phi) is 6.91. The summed E-state index contributed by atoms with van der Waals surface area (Å²) in [6.07, 6.45) is 2.44. The van der Waals surface area contributed by atoms with Crippen LogP contribution in [0.4, 0.5) is 11.4 Å².